The highest BCUT2D eigenvalue weighted by molar-refractivity contribution is 5.95. The second-order valence-corrected chi connectivity index (χ2v) is 9.48. The molecule has 2 aromatic carbocycles. The Balaban J connectivity index is 1.78. The Labute approximate surface area is 239 Å². The predicted molar refractivity (Wildman–Crippen MR) is 135 cm³/mol. The van der Waals surface area contributed by atoms with Gasteiger partial charge in [0.05, 0.1) is 26.0 Å². The minimum Gasteiger partial charge on any atom is -0.493 e. The van der Waals surface area contributed by atoms with E-state index in [1.165, 1.54) is 19.2 Å². The van der Waals surface area contributed by atoms with E-state index in [0.29, 0.717) is 6.07 Å². The van der Waals surface area contributed by atoms with Gasteiger partial charge in [-0.2, -0.15) is 26.3 Å². The van der Waals surface area contributed by atoms with E-state index in [-0.39, 0.29) is 35.8 Å². The first-order valence-electron chi connectivity index (χ1n) is 12.3. The number of nitrogens with zero attached hydrogens (tertiary/aromatic N) is 1. The highest BCUT2D eigenvalue weighted by Crippen LogP contribution is 2.51. The number of hydrogen-bond donors (Lipinski definition) is 4. The number of methoxy groups -OCH3 is 1. The number of aromatic nitrogens is 1. The number of nitrogens with two attached hydrogens (primary N) is 1. The van der Waals surface area contributed by atoms with Gasteiger partial charge < -0.3 is 35.5 Å². The molecule has 1 amide bonds. The molecular weight excluding hydrogens is 595 g/mol. The number of pyridine rings is 1. The number of halogens is 7. The maximum atomic E-state index is 14.5. The lowest BCUT2D eigenvalue weighted by molar-refractivity contribution is -0.265. The Hall–Kier alpha value is -4.15. The topological polar surface area (TPSA) is 136 Å². The van der Waals surface area contributed by atoms with Crippen LogP contribution in [0, 0.1) is 5.82 Å². The average molecular weight is 619 g/mol. The lowest BCUT2D eigenvalue weighted by Gasteiger charge is -2.32. The smallest absolute Gasteiger partial charge is 0.424 e. The van der Waals surface area contributed by atoms with E-state index < -0.39 is 71.1 Å². The molecule has 1 aromatic heterocycles. The second kappa shape index (κ2) is 11.5. The summed E-state index contributed by atoms with van der Waals surface area (Å²) in [5.74, 6) is -2.35. The van der Waals surface area contributed by atoms with Gasteiger partial charge in [0.1, 0.15) is 24.7 Å². The van der Waals surface area contributed by atoms with Crippen molar-refractivity contribution in [1.29, 1.82) is 0 Å². The molecule has 43 heavy (non-hydrogen) atoms. The summed E-state index contributed by atoms with van der Waals surface area (Å²) < 4.78 is 114. The molecule has 5 N–H and O–H groups in total. The van der Waals surface area contributed by atoms with Crippen LogP contribution >= 0.6 is 0 Å². The molecule has 16 heteroatoms. The molecule has 0 spiro atoms. The first-order chi connectivity index (χ1) is 20.1. The molecule has 1 aliphatic rings. The van der Waals surface area contributed by atoms with Crippen LogP contribution in [-0.2, 0) is 11.1 Å². The van der Waals surface area contributed by atoms with Crippen molar-refractivity contribution in [1.82, 2.24) is 10.3 Å². The third-order valence-corrected chi connectivity index (χ3v) is 6.69. The van der Waals surface area contributed by atoms with Crippen molar-refractivity contribution in [2.75, 3.05) is 33.5 Å². The van der Waals surface area contributed by atoms with E-state index in [2.05, 4.69) is 4.98 Å². The number of ether oxygens (including phenoxy) is 3. The number of benzene rings is 2. The summed E-state index contributed by atoms with van der Waals surface area (Å²) in [4.78, 5) is 16.6. The van der Waals surface area contributed by atoms with Crippen LogP contribution in [0.15, 0.2) is 48.5 Å². The summed E-state index contributed by atoms with van der Waals surface area (Å²) in [5.41, 5.74) is -4.90. The van der Waals surface area contributed by atoms with Gasteiger partial charge in [0, 0.05) is 16.7 Å². The first kappa shape index (κ1) is 31.8. The van der Waals surface area contributed by atoms with Crippen molar-refractivity contribution in [3.8, 4) is 28.5 Å². The van der Waals surface area contributed by atoms with Crippen molar-refractivity contribution < 1.29 is 60.0 Å². The number of amides is 1. The van der Waals surface area contributed by atoms with Crippen LogP contribution in [0.25, 0.3) is 11.3 Å². The number of rotatable bonds is 9. The largest absolute Gasteiger partial charge is 0.493 e. The molecule has 0 aliphatic carbocycles. The Bertz CT molecular complexity index is 1500. The van der Waals surface area contributed by atoms with Gasteiger partial charge >= 0.3 is 12.4 Å². The fourth-order valence-electron chi connectivity index (χ4n) is 4.25. The fraction of sp³-hybridized carbons (Fsp3) is 0.333. The third-order valence-electron chi connectivity index (χ3n) is 6.69. The quantitative estimate of drug-likeness (QED) is 0.267. The number of aliphatic hydroxyl groups is 2. The van der Waals surface area contributed by atoms with Gasteiger partial charge in [0.15, 0.2) is 22.8 Å². The minimum absolute atomic E-state index is 0.00264. The maximum absolute atomic E-state index is 14.5. The number of fused-ring (bicyclic) bond motifs is 1. The highest BCUT2D eigenvalue weighted by Gasteiger charge is 2.61. The van der Waals surface area contributed by atoms with E-state index in [0.717, 1.165) is 30.3 Å². The molecule has 1 unspecified atom stereocenters. The Morgan fingerprint density at radius 2 is 1.77 bits per heavy atom. The number of hydrogen-bond acceptors (Lipinski definition) is 8. The standard InChI is InChI=1S/C27H24F7N3O6/c1-41-19-10-15(4-7-18(19)42-9-8-38)23(39)36-12-25(40,27(32,33)34)20-11-17-22(43-13-24(17,35)26(29,30)31)21(37-20)14-2-5-16(28)6-3-14/h2-7,10-11,38,40H,8-9,12-13,35H2,1H3,(H,36,39)/t24-,25?/m1/s1. The van der Waals surface area contributed by atoms with Gasteiger partial charge in [-0.15, -0.1) is 0 Å². The Morgan fingerprint density at radius 3 is 2.35 bits per heavy atom. The number of alkyl halides is 6. The summed E-state index contributed by atoms with van der Waals surface area (Å²) in [5, 5.41) is 21.8. The Morgan fingerprint density at radius 1 is 1.09 bits per heavy atom. The molecule has 0 radical (unpaired) electrons. The van der Waals surface area contributed by atoms with Crippen LogP contribution < -0.4 is 25.3 Å². The molecule has 2 heterocycles. The van der Waals surface area contributed by atoms with Crippen molar-refractivity contribution >= 4 is 5.91 Å². The molecule has 0 bridgehead atoms. The molecule has 0 saturated heterocycles. The van der Waals surface area contributed by atoms with Crippen LogP contribution in [0.3, 0.4) is 0 Å². The first-order valence-corrected chi connectivity index (χ1v) is 12.3. The van der Waals surface area contributed by atoms with Gasteiger partial charge in [0.2, 0.25) is 5.60 Å². The summed E-state index contributed by atoms with van der Waals surface area (Å²) in [6, 6.07) is 7.77. The number of carbonyl (C=O) groups is 1. The number of nitrogens with one attached hydrogen (secondary N) is 1. The fourth-order valence-corrected chi connectivity index (χ4v) is 4.25. The summed E-state index contributed by atoms with van der Waals surface area (Å²) >= 11 is 0. The van der Waals surface area contributed by atoms with Gasteiger partial charge in [-0.25, -0.2) is 9.37 Å². The van der Waals surface area contributed by atoms with Crippen molar-refractivity contribution in [2.45, 2.75) is 23.5 Å². The summed E-state index contributed by atoms with van der Waals surface area (Å²) in [7, 11) is 1.23. The average Bonchev–Trinajstić information content (AvgIpc) is 3.31. The zero-order chi connectivity index (χ0) is 31.8. The molecule has 0 fully saturated rings. The van der Waals surface area contributed by atoms with Gasteiger partial charge in [-0.05, 0) is 48.5 Å². The zero-order valence-corrected chi connectivity index (χ0v) is 22.1. The minimum atomic E-state index is -5.59. The van der Waals surface area contributed by atoms with E-state index >= 15 is 0 Å². The van der Waals surface area contributed by atoms with Gasteiger partial charge in [-0.1, -0.05) is 0 Å². The predicted octanol–water partition coefficient (Wildman–Crippen LogP) is 3.56. The highest BCUT2D eigenvalue weighted by atomic mass is 19.4. The molecule has 1 aliphatic heterocycles. The third kappa shape index (κ3) is 5.89. The van der Waals surface area contributed by atoms with Crippen molar-refractivity contribution in [3.05, 3.63) is 71.2 Å². The summed E-state index contributed by atoms with van der Waals surface area (Å²) in [6.07, 6.45) is -10.8. The van der Waals surface area contributed by atoms with Crippen LogP contribution in [0.1, 0.15) is 21.6 Å². The van der Waals surface area contributed by atoms with E-state index in [4.69, 9.17) is 25.1 Å². The zero-order valence-electron chi connectivity index (χ0n) is 22.1. The SMILES string of the molecule is COc1cc(C(=O)NCC(O)(c2cc3c(c(-c4ccc(F)cc4)n2)OC[C@]3(N)C(F)(F)F)C(F)(F)F)ccc1OCCO. The molecule has 4 rings (SSSR count). The van der Waals surface area contributed by atoms with E-state index in [1.54, 1.807) is 0 Å². The van der Waals surface area contributed by atoms with E-state index in [9.17, 15) is 40.6 Å². The molecule has 9 nitrogen and oxygen atoms in total. The molecule has 2 atom stereocenters. The second-order valence-electron chi connectivity index (χ2n) is 9.48. The van der Waals surface area contributed by atoms with Crippen LogP contribution in [0.2, 0.25) is 0 Å². The lowest BCUT2D eigenvalue weighted by Crippen LogP contribution is -2.53. The number of carbonyl (C=O) groups excluding carboxylic acids is 1. The van der Waals surface area contributed by atoms with Crippen LogP contribution in [0.5, 0.6) is 17.2 Å². The lowest BCUT2D eigenvalue weighted by atomic mass is 9.87. The molecule has 232 valence electrons. The number of aliphatic hydroxyl groups excluding tert-OH is 1. The molecule has 3 aromatic rings. The molecule has 0 saturated carbocycles. The van der Waals surface area contributed by atoms with Crippen molar-refractivity contribution in [2.24, 2.45) is 5.73 Å². The maximum Gasteiger partial charge on any atom is 0.424 e. The Kier molecular flexibility index (Phi) is 8.50. The normalized spacial score (nSPS) is 17.9. The monoisotopic (exact) mass is 619 g/mol. The van der Waals surface area contributed by atoms with Crippen LogP contribution in [-0.4, -0.2) is 66.9 Å². The van der Waals surface area contributed by atoms with Gasteiger partial charge in [-0.3, -0.25) is 4.79 Å². The summed E-state index contributed by atoms with van der Waals surface area (Å²) in [6.45, 7) is -3.23. The van der Waals surface area contributed by atoms with Gasteiger partial charge in [0.25, 0.3) is 5.91 Å². The van der Waals surface area contributed by atoms with Crippen molar-refractivity contribution in [3.63, 3.8) is 0 Å². The molecular formula is C27H24F7N3O6. The van der Waals surface area contributed by atoms with E-state index in [1.807, 2.05) is 5.32 Å². The van der Waals surface area contributed by atoms with Crippen LogP contribution in [0.4, 0.5) is 30.7 Å².